The summed E-state index contributed by atoms with van der Waals surface area (Å²) in [5.74, 6) is 0. The van der Waals surface area contributed by atoms with Crippen LogP contribution in [0.15, 0.2) is 46.6 Å². The van der Waals surface area contributed by atoms with E-state index in [0.717, 1.165) is 11.3 Å². The lowest BCUT2D eigenvalue weighted by Gasteiger charge is -2.04. The molecule has 2 aromatic rings. The van der Waals surface area contributed by atoms with Gasteiger partial charge in [-0.2, -0.15) is 5.11 Å². The maximum absolute atomic E-state index is 5.88. The molecule has 2 aromatic carbocycles. The monoisotopic (exact) mass is 342 g/mol. The molecule has 25 heavy (non-hydrogen) atoms. The molecule has 4 N–H and O–H groups in total. The highest BCUT2D eigenvalue weighted by Crippen LogP contribution is 2.30. The Morgan fingerprint density at radius 3 is 1.84 bits per heavy atom. The van der Waals surface area contributed by atoms with Crippen LogP contribution in [0.2, 0.25) is 0 Å². The summed E-state index contributed by atoms with van der Waals surface area (Å²) in [6, 6.07) is 11.3. The van der Waals surface area contributed by atoms with Crippen LogP contribution < -0.4 is 11.5 Å². The van der Waals surface area contributed by atoms with Crippen molar-refractivity contribution in [3.05, 3.63) is 47.5 Å². The number of unbranched alkanes of at least 4 members (excludes halogenated alkanes) is 2. The van der Waals surface area contributed by atoms with E-state index >= 15 is 0 Å². The van der Waals surface area contributed by atoms with E-state index < -0.39 is 0 Å². The first-order valence-corrected chi connectivity index (χ1v) is 9.11. The minimum atomic E-state index is 0.545. The van der Waals surface area contributed by atoms with Crippen molar-refractivity contribution >= 4 is 22.7 Å². The maximum Gasteiger partial charge on any atom is 0.112 e. The van der Waals surface area contributed by atoms with Gasteiger partial charge in [0.05, 0.1) is 11.4 Å². The number of rotatable bonds is 4. The molecule has 0 spiro atoms. The third kappa shape index (κ3) is 8.89. The normalized spacial score (nSPS) is 9.84. The van der Waals surface area contributed by atoms with Gasteiger partial charge in [0.1, 0.15) is 5.69 Å². The number of anilines is 2. The molecule has 0 unspecified atom stereocenters. The van der Waals surface area contributed by atoms with Gasteiger partial charge in [-0.25, -0.2) is 0 Å². The Hall–Kier alpha value is -2.36. The second-order valence-electron chi connectivity index (χ2n) is 5.66. The quantitative estimate of drug-likeness (QED) is 0.459. The Kier molecular flexibility index (Phi) is 11.8. The van der Waals surface area contributed by atoms with Gasteiger partial charge >= 0.3 is 0 Å². The molecule has 0 amide bonds. The maximum atomic E-state index is 5.88. The van der Waals surface area contributed by atoms with Crippen LogP contribution >= 0.6 is 0 Å². The van der Waals surface area contributed by atoms with Crippen LogP contribution in [0.5, 0.6) is 0 Å². The van der Waals surface area contributed by atoms with Gasteiger partial charge in [0, 0.05) is 5.69 Å². The van der Waals surface area contributed by atoms with Crippen LogP contribution in [0.25, 0.3) is 0 Å². The van der Waals surface area contributed by atoms with E-state index in [1.165, 1.54) is 24.8 Å². The summed E-state index contributed by atoms with van der Waals surface area (Å²) in [4.78, 5) is 0. The van der Waals surface area contributed by atoms with E-state index in [1.807, 2.05) is 58.0 Å². The lowest BCUT2D eigenvalue weighted by atomic mass is 10.1. The third-order valence-electron chi connectivity index (χ3n) is 3.36. The van der Waals surface area contributed by atoms with E-state index in [9.17, 15) is 0 Å². The van der Waals surface area contributed by atoms with Gasteiger partial charge in [0.25, 0.3) is 0 Å². The summed E-state index contributed by atoms with van der Waals surface area (Å²) in [6.07, 6.45) is 4.08. The lowest BCUT2D eigenvalue weighted by molar-refractivity contribution is 0.772. The second-order valence-corrected chi connectivity index (χ2v) is 5.66. The van der Waals surface area contributed by atoms with Crippen LogP contribution in [-0.2, 0) is 0 Å². The molecule has 0 atom stereocenters. The summed E-state index contributed by atoms with van der Waals surface area (Å²) in [6.45, 7) is 12.4. The van der Waals surface area contributed by atoms with E-state index in [-0.39, 0.29) is 0 Å². The Morgan fingerprint density at radius 2 is 1.40 bits per heavy atom. The van der Waals surface area contributed by atoms with Gasteiger partial charge in [0.2, 0.25) is 0 Å². The first-order chi connectivity index (χ1) is 12.0. The summed E-state index contributed by atoms with van der Waals surface area (Å²) in [5.41, 5.74) is 16.3. The fourth-order valence-corrected chi connectivity index (χ4v) is 2.04. The Balaban J connectivity index is 0.000000710. The van der Waals surface area contributed by atoms with Crippen molar-refractivity contribution in [2.24, 2.45) is 10.2 Å². The molecule has 0 aliphatic carbocycles. The zero-order valence-corrected chi connectivity index (χ0v) is 16.6. The van der Waals surface area contributed by atoms with E-state index in [1.54, 1.807) is 6.07 Å². The zero-order valence-electron chi connectivity index (χ0n) is 16.6. The average molecular weight is 343 g/mol. The number of aryl methyl sites for hydroxylation is 2. The highest BCUT2D eigenvalue weighted by atomic mass is 15.1. The number of hydrogen-bond donors (Lipinski definition) is 2. The van der Waals surface area contributed by atoms with Crippen molar-refractivity contribution in [1.29, 1.82) is 0 Å². The fraction of sp³-hybridized carbons (Fsp3) is 0.429. The predicted octanol–water partition coefficient (Wildman–Crippen LogP) is 7.11. The molecule has 0 radical (unpaired) electrons. The lowest BCUT2D eigenvalue weighted by Crippen LogP contribution is -1.92. The average Bonchev–Trinajstić information content (AvgIpc) is 2.59. The summed E-state index contributed by atoms with van der Waals surface area (Å²) >= 11 is 0. The molecular weight excluding hydrogens is 308 g/mol. The molecule has 0 aliphatic rings. The number of nitrogen functional groups attached to an aromatic ring is 2. The molecule has 138 valence electrons. The van der Waals surface area contributed by atoms with Gasteiger partial charge in [-0.05, 0) is 43.7 Å². The van der Waals surface area contributed by atoms with Crippen molar-refractivity contribution in [3.63, 3.8) is 0 Å². The third-order valence-corrected chi connectivity index (χ3v) is 3.36. The Bertz CT molecular complexity index is 606. The molecule has 0 aromatic heterocycles. The van der Waals surface area contributed by atoms with Gasteiger partial charge in [-0.15, -0.1) is 5.11 Å². The van der Waals surface area contributed by atoms with Crippen LogP contribution in [0.3, 0.4) is 0 Å². The number of nitrogens with two attached hydrogens (primary N) is 2. The molecule has 0 fully saturated rings. The van der Waals surface area contributed by atoms with Crippen LogP contribution in [-0.4, -0.2) is 0 Å². The Morgan fingerprint density at radius 1 is 0.840 bits per heavy atom. The second kappa shape index (κ2) is 13.0. The molecule has 0 aliphatic heterocycles. The molecule has 4 heteroatoms. The number of hydrogen-bond acceptors (Lipinski definition) is 4. The molecule has 0 bridgehead atoms. The first-order valence-electron chi connectivity index (χ1n) is 9.11. The highest BCUT2D eigenvalue weighted by molar-refractivity contribution is 5.71. The van der Waals surface area contributed by atoms with Gasteiger partial charge in [0.15, 0.2) is 0 Å². The molecule has 2 rings (SSSR count). The molecular formula is C21H34N4. The first kappa shape index (κ1) is 22.6. The van der Waals surface area contributed by atoms with Crippen molar-refractivity contribution in [2.75, 3.05) is 11.5 Å². The van der Waals surface area contributed by atoms with Crippen LogP contribution in [0.1, 0.15) is 58.1 Å². The summed E-state index contributed by atoms with van der Waals surface area (Å²) in [5, 5.41) is 8.36. The van der Waals surface area contributed by atoms with Crippen molar-refractivity contribution < 1.29 is 0 Å². The van der Waals surface area contributed by atoms with Gasteiger partial charge in [-0.1, -0.05) is 64.7 Å². The van der Waals surface area contributed by atoms with Crippen molar-refractivity contribution in [1.82, 2.24) is 0 Å². The number of azo groups is 1. The van der Waals surface area contributed by atoms with Gasteiger partial charge in [-0.3, -0.25) is 0 Å². The highest BCUT2D eigenvalue weighted by Gasteiger charge is 2.03. The largest absolute Gasteiger partial charge is 0.399 e. The standard InChI is InChI=1S/C14H16N4.C5H12.C2H6/c1-9-3-5-12(6-4-9)17-18-14-10(2)7-11(15)8-13(14)16;1-3-5-4-2;1-2/h3-8H,15-16H2,1-2H3;3-5H2,1-2H3;1-2H3. The minimum Gasteiger partial charge on any atom is -0.399 e. The zero-order chi connectivity index (χ0) is 19.2. The van der Waals surface area contributed by atoms with E-state index in [4.69, 9.17) is 11.5 Å². The minimum absolute atomic E-state index is 0.545. The topological polar surface area (TPSA) is 76.8 Å². The van der Waals surface area contributed by atoms with Gasteiger partial charge < -0.3 is 11.5 Å². The number of benzene rings is 2. The van der Waals surface area contributed by atoms with Crippen LogP contribution in [0.4, 0.5) is 22.7 Å². The summed E-state index contributed by atoms with van der Waals surface area (Å²) < 4.78 is 0. The van der Waals surface area contributed by atoms with E-state index in [0.29, 0.717) is 17.1 Å². The molecule has 0 heterocycles. The SMILES string of the molecule is CC.CCCCC.Cc1ccc(N=Nc2c(C)cc(N)cc2N)cc1. The smallest absolute Gasteiger partial charge is 0.112 e. The van der Waals surface area contributed by atoms with E-state index in [2.05, 4.69) is 24.1 Å². The predicted molar refractivity (Wildman–Crippen MR) is 112 cm³/mol. The fourth-order valence-electron chi connectivity index (χ4n) is 2.04. The molecule has 0 saturated heterocycles. The van der Waals surface area contributed by atoms with Crippen LogP contribution in [0, 0.1) is 13.8 Å². The molecule has 4 nitrogen and oxygen atoms in total. The summed E-state index contributed by atoms with van der Waals surface area (Å²) in [7, 11) is 0. The number of nitrogens with zero attached hydrogens (tertiary/aromatic N) is 2. The van der Waals surface area contributed by atoms with Crippen molar-refractivity contribution in [3.8, 4) is 0 Å². The Labute approximate surface area is 153 Å². The molecule has 0 saturated carbocycles. The van der Waals surface area contributed by atoms with Crippen molar-refractivity contribution in [2.45, 2.75) is 60.8 Å².